The number of carbonyl (C=O) groups excluding carboxylic acids is 1. The van der Waals surface area contributed by atoms with Crippen LogP contribution in [-0.4, -0.2) is 22.2 Å². The van der Waals surface area contributed by atoms with Crippen LogP contribution < -0.4 is 0 Å². The van der Waals surface area contributed by atoms with Crippen molar-refractivity contribution < 1.29 is 19.8 Å². The normalized spacial score (nSPS) is 9.50. The van der Waals surface area contributed by atoms with Crippen molar-refractivity contribution in [3.63, 3.8) is 0 Å². The zero-order valence-corrected chi connectivity index (χ0v) is 11.1. The second kappa shape index (κ2) is 7.74. The summed E-state index contributed by atoms with van der Waals surface area (Å²) < 4.78 is 0. The van der Waals surface area contributed by atoms with Gasteiger partial charge in [0.1, 0.15) is 5.78 Å². The van der Waals surface area contributed by atoms with Crippen LogP contribution in [0.1, 0.15) is 24.0 Å². The smallest absolute Gasteiger partial charge is 0.450 e. The molecule has 2 aromatic carbocycles. The first-order valence-corrected chi connectivity index (χ1v) is 6.04. The van der Waals surface area contributed by atoms with Crippen LogP contribution in [0.15, 0.2) is 60.7 Å². The van der Waals surface area contributed by atoms with E-state index in [0.29, 0.717) is 0 Å². The Morgan fingerprint density at radius 2 is 1.10 bits per heavy atom. The minimum Gasteiger partial charge on any atom is -0.450 e. The maximum absolute atomic E-state index is 11.7. The fourth-order valence-electron chi connectivity index (χ4n) is 1.95. The summed E-state index contributed by atoms with van der Waals surface area (Å²) >= 11 is 0. The lowest BCUT2D eigenvalue weighted by atomic mass is 9.88. The molecule has 0 heterocycles. The largest absolute Gasteiger partial charge is 0.503 e. The maximum atomic E-state index is 11.7. The number of hydrogen-bond donors (Lipinski definition) is 2. The van der Waals surface area contributed by atoms with Gasteiger partial charge in [-0.3, -0.25) is 4.79 Å². The Hall–Kier alpha value is -2.62. The quantitative estimate of drug-likeness (QED) is 0.894. The van der Waals surface area contributed by atoms with E-state index < -0.39 is 6.16 Å². The first kappa shape index (κ1) is 15.4. The van der Waals surface area contributed by atoms with Crippen molar-refractivity contribution in [1.82, 2.24) is 0 Å². The van der Waals surface area contributed by atoms with E-state index in [4.69, 9.17) is 15.0 Å². The summed E-state index contributed by atoms with van der Waals surface area (Å²) in [6.07, 6.45) is -1.83. The number of carbonyl (C=O) groups is 2. The van der Waals surface area contributed by atoms with E-state index in [1.165, 1.54) is 0 Å². The molecule has 2 rings (SSSR count). The van der Waals surface area contributed by atoms with E-state index in [1.54, 1.807) is 6.92 Å². The standard InChI is InChI=1S/C15H14O.CH2O3/c1-12(16)15(13-8-4-2-5-9-13)14-10-6-3-7-11-14;2-1(3)4/h2-11,15H,1H3;(H2,2,3,4). The van der Waals surface area contributed by atoms with E-state index in [1.807, 2.05) is 60.7 Å². The molecule has 0 unspecified atom stereocenters. The van der Waals surface area contributed by atoms with Gasteiger partial charge in [-0.1, -0.05) is 60.7 Å². The number of carboxylic acid groups (broad SMARTS) is 2. The van der Waals surface area contributed by atoms with E-state index in [9.17, 15) is 4.79 Å². The third-order valence-electron chi connectivity index (χ3n) is 2.67. The Kier molecular flexibility index (Phi) is 5.97. The topological polar surface area (TPSA) is 74.6 Å². The molecule has 0 aliphatic carbocycles. The van der Waals surface area contributed by atoms with Crippen LogP contribution in [0.2, 0.25) is 0 Å². The van der Waals surface area contributed by atoms with E-state index in [0.717, 1.165) is 11.1 Å². The molecule has 0 amide bonds. The Morgan fingerprint density at radius 3 is 1.35 bits per heavy atom. The van der Waals surface area contributed by atoms with Gasteiger partial charge >= 0.3 is 6.16 Å². The van der Waals surface area contributed by atoms with Crippen molar-refractivity contribution in [2.75, 3.05) is 0 Å². The Balaban J connectivity index is 0.000000444. The molecular formula is C16H16O4. The highest BCUT2D eigenvalue weighted by Crippen LogP contribution is 2.24. The van der Waals surface area contributed by atoms with Crippen LogP contribution >= 0.6 is 0 Å². The number of benzene rings is 2. The predicted molar refractivity (Wildman–Crippen MR) is 76.1 cm³/mol. The van der Waals surface area contributed by atoms with Gasteiger partial charge in [0.15, 0.2) is 0 Å². The van der Waals surface area contributed by atoms with E-state index >= 15 is 0 Å². The molecule has 4 heteroatoms. The summed E-state index contributed by atoms with van der Waals surface area (Å²) in [4.78, 5) is 20.3. The highest BCUT2D eigenvalue weighted by molar-refractivity contribution is 5.86. The van der Waals surface area contributed by atoms with Crippen LogP contribution in [0, 0.1) is 0 Å². The molecule has 0 atom stereocenters. The molecule has 0 saturated heterocycles. The zero-order valence-electron chi connectivity index (χ0n) is 11.1. The molecular weight excluding hydrogens is 256 g/mol. The minimum absolute atomic E-state index is 0.137. The highest BCUT2D eigenvalue weighted by atomic mass is 16.6. The van der Waals surface area contributed by atoms with Crippen LogP contribution in [0.5, 0.6) is 0 Å². The third kappa shape index (κ3) is 4.94. The van der Waals surface area contributed by atoms with Crippen LogP contribution in [0.25, 0.3) is 0 Å². The fourth-order valence-corrected chi connectivity index (χ4v) is 1.95. The average Bonchev–Trinajstić information content (AvgIpc) is 2.40. The number of rotatable bonds is 3. The Labute approximate surface area is 117 Å². The summed E-state index contributed by atoms with van der Waals surface area (Å²) in [5.74, 6) is 0.0415. The molecule has 0 aliphatic heterocycles. The summed E-state index contributed by atoms with van der Waals surface area (Å²) in [5, 5.41) is 13.9. The van der Waals surface area contributed by atoms with Crippen molar-refractivity contribution >= 4 is 11.9 Å². The van der Waals surface area contributed by atoms with E-state index in [-0.39, 0.29) is 11.7 Å². The van der Waals surface area contributed by atoms with Gasteiger partial charge in [0, 0.05) is 0 Å². The van der Waals surface area contributed by atoms with Gasteiger partial charge in [-0.25, -0.2) is 4.79 Å². The number of ketones is 1. The molecule has 2 aromatic rings. The summed E-state index contributed by atoms with van der Waals surface area (Å²) in [7, 11) is 0. The molecule has 0 radical (unpaired) electrons. The molecule has 20 heavy (non-hydrogen) atoms. The van der Waals surface area contributed by atoms with Crippen molar-refractivity contribution in [3.8, 4) is 0 Å². The van der Waals surface area contributed by atoms with Gasteiger partial charge in [0.25, 0.3) is 0 Å². The lowest BCUT2D eigenvalue weighted by molar-refractivity contribution is -0.117. The number of Topliss-reactive ketones (excluding diaryl/α,β-unsaturated/α-hetero) is 1. The minimum atomic E-state index is -1.83. The van der Waals surface area contributed by atoms with Crippen molar-refractivity contribution in [2.24, 2.45) is 0 Å². The molecule has 0 bridgehead atoms. The lowest BCUT2D eigenvalue weighted by Gasteiger charge is -2.14. The molecule has 4 nitrogen and oxygen atoms in total. The van der Waals surface area contributed by atoms with Gasteiger partial charge in [-0.05, 0) is 18.1 Å². The average molecular weight is 272 g/mol. The van der Waals surface area contributed by atoms with Crippen molar-refractivity contribution in [3.05, 3.63) is 71.8 Å². The summed E-state index contributed by atoms with van der Waals surface area (Å²) in [6, 6.07) is 19.8. The molecule has 2 N–H and O–H groups in total. The summed E-state index contributed by atoms with van der Waals surface area (Å²) in [6.45, 7) is 1.64. The predicted octanol–water partition coefficient (Wildman–Crippen LogP) is 3.63. The van der Waals surface area contributed by atoms with E-state index in [2.05, 4.69) is 0 Å². The molecule has 0 aliphatic rings. The van der Waals surface area contributed by atoms with Gasteiger partial charge in [-0.15, -0.1) is 0 Å². The van der Waals surface area contributed by atoms with Gasteiger partial charge < -0.3 is 10.2 Å². The van der Waals surface area contributed by atoms with Crippen molar-refractivity contribution in [1.29, 1.82) is 0 Å². The van der Waals surface area contributed by atoms with Crippen LogP contribution in [-0.2, 0) is 4.79 Å². The zero-order chi connectivity index (χ0) is 15.0. The lowest BCUT2D eigenvalue weighted by Crippen LogP contribution is -2.10. The van der Waals surface area contributed by atoms with Crippen LogP contribution in [0.4, 0.5) is 4.79 Å². The van der Waals surface area contributed by atoms with Gasteiger partial charge in [0.05, 0.1) is 5.92 Å². The molecule has 104 valence electrons. The van der Waals surface area contributed by atoms with Gasteiger partial charge in [0.2, 0.25) is 0 Å². The summed E-state index contributed by atoms with van der Waals surface area (Å²) in [5.41, 5.74) is 2.11. The SMILES string of the molecule is CC(=O)C(c1ccccc1)c1ccccc1.O=C(O)O. The maximum Gasteiger partial charge on any atom is 0.503 e. The first-order valence-electron chi connectivity index (χ1n) is 6.04. The fraction of sp³-hybridized carbons (Fsp3) is 0.125. The van der Waals surface area contributed by atoms with Gasteiger partial charge in [-0.2, -0.15) is 0 Å². The monoisotopic (exact) mass is 272 g/mol. The molecule has 0 saturated carbocycles. The highest BCUT2D eigenvalue weighted by Gasteiger charge is 2.17. The van der Waals surface area contributed by atoms with Crippen LogP contribution in [0.3, 0.4) is 0 Å². The Morgan fingerprint density at radius 1 is 0.800 bits per heavy atom. The molecule has 0 aromatic heterocycles. The molecule has 0 fully saturated rings. The third-order valence-corrected chi connectivity index (χ3v) is 2.67. The first-order chi connectivity index (χ1) is 9.52. The van der Waals surface area contributed by atoms with Crippen molar-refractivity contribution in [2.45, 2.75) is 12.8 Å². The Bertz CT molecular complexity index is 506. The number of hydrogen-bond acceptors (Lipinski definition) is 2. The molecule has 0 spiro atoms. The second-order valence-corrected chi connectivity index (χ2v) is 4.15. The second-order valence-electron chi connectivity index (χ2n) is 4.15.